The third-order valence-electron chi connectivity index (χ3n) is 6.83. The minimum Gasteiger partial charge on any atom is -0.369 e. The number of nitrogens with zero attached hydrogens (tertiary/aromatic N) is 2. The second-order valence-corrected chi connectivity index (χ2v) is 9.20. The minimum atomic E-state index is -4.30. The monoisotopic (exact) mass is 454 g/mol. The molecule has 32 heavy (non-hydrogen) atoms. The fourth-order valence-corrected chi connectivity index (χ4v) is 4.80. The van der Waals surface area contributed by atoms with Gasteiger partial charge in [0.2, 0.25) is 5.91 Å². The first-order valence-electron chi connectivity index (χ1n) is 12.0. The molecule has 2 fully saturated rings. The third-order valence-corrected chi connectivity index (χ3v) is 6.83. The number of carbonyl (C=O) groups excluding carboxylic acids is 1. The highest BCUT2D eigenvalue weighted by atomic mass is 19.4. The molecule has 3 N–H and O–H groups in total. The van der Waals surface area contributed by atoms with Crippen LogP contribution in [0.2, 0.25) is 0 Å². The summed E-state index contributed by atoms with van der Waals surface area (Å²) in [6.07, 6.45) is 3.59. The molecular weight excluding hydrogens is 417 g/mol. The van der Waals surface area contributed by atoms with E-state index in [2.05, 4.69) is 10.2 Å². The Kier molecular flexibility index (Phi) is 9.22. The molecule has 0 radical (unpaired) electrons. The fourth-order valence-electron chi connectivity index (χ4n) is 4.80. The van der Waals surface area contributed by atoms with E-state index in [1.807, 2.05) is 4.90 Å². The molecule has 1 saturated carbocycles. The number of nitrogens with one attached hydrogen (secondary N) is 1. The van der Waals surface area contributed by atoms with Crippen LogP contribution in [-0.2, 0) is 11.0 Å². The lowest BCUT2D eigenvalue weighted by molar-refractivity contribution is -0.137. The van der Waals surface area contributed by atoms with E-state index in [9.17, 15) is 18.0 Å². The Morgan fingerprint density at radius 2 is 1.78 bits per heavy atom. The van der Waals surface area contributed by atoms with Gasteiger partial charge in [-0.2, -0.15) is 13.2 Å². The summed E-state index contributed by atoms with van der Waals surface area (Å²) in [7, 11) is 0. The number of hydrogen-bond acceptors (Lipinski definition) is 4. The molecule has 1 saturated heterocycles. The molecule has 2 aliphatic rings. The van der Waals surface area contributed by atoms with Crippen LogP contribution in [0.1, 0.15) is 56.9 Å². The Morgan fingerprint density at radius 3 is 2.44 bits per heavy atom. The maximum Gasteiger partial charge on any atom is 0.416 e. The largest absolute Gasteiger partial charge is 0.416 e. The molecule has 1 heterocycles. The Morgan fingerprint density at radius 1 is 1.06 bits per heavy atom. The molecule has 1 aliphatic heterocycles. The number of anilines is 1. The lowest BCUT2D eigenvalue weighted by atomic mass is 9.84. The topological polar surface area (TPSA) is 61.6 Å². The van der Waals surface area contributed by atoms with Crippen LogP contribution >= 0.6 is 0 Å². The summed E-state index contributed by atoms with van der Waals surface area (Å²) in [4.78, 5) is 16.5. The van der Waals surface area contributed by atoms with Crippen molar-refractivity contribution in [1.82, 2.24) is 10.2 Å². The number of piperazine rings is 1. The molecule has 0 aromatic heterocycles. The average molecular weight is 455 g/mol. The van der Waals surface area contributed by atoms with Gasteiger partial charge in [0.25, 0.3) is 0 Å². The number of nitrogens with two attached hydrogens (primary N) is 1. The van der Waals surface area contributed by atoms with Crippen LogP contribution in [0.3, 0.4) is 0 Å². The number of unbranched alkanes of at least 4 members (excludes halogenated alkanes) is 1. The highest BCUT2D eigenvalue weighted by Gasteiger charge is 2.31. The van der Waals surface area contributed by atoms with Crippen LogP contribution in [0.15, 0.2) is 24.3 Å². The number of rotatable bonds is 9. The Balaban J connectivity index is 1.33. The SMILES string of the molecule is NCCCCC(=O)NC1CCC(CCN2CCN(c3cccc(C(F)(F)F)c3)CC2)CC1. The molecule has 0 unspecified atom stereocenters. The summed E-state index contributed by atoms with van der Waals surface area (Å²) in [5.74, 6) is 0.849. The van der Waals surface area contributed by atoms with Gasteiger partial charge in [-0.3, -0.25) is 9.69 Å². The highest BCUT2D eigenvalue weighted by molar-refractivity contribution is 5.76. The number of alkyl halides is 3. The van der Waals surface area contributed by atoms with Gasteiger partial charge in [-0.1, -0.05) is 6.07 Å². The molecule has 0 atom stereocenters. The summed E-state index contributed by atoms with van der Waals surface area (Å²) in [5.41, 5.74) is 5.55. The maximum absolute atomic E-state index is 13.0. The summed E-state index contributed by atoms with van der Waals surface area (Å²) in [5, 5.41) is 3.17. The summed E-state index contributed by atoms with van der Waals surface area (Å²) < 4.78 is 38.9. The summed E-state index contributed by atoms with van der Waals surface area (Å²) in [6.45, 7) is 4.94. The van der Waals surface area contributed by atoms with Gasteiger partial charge in [0, 0.05) is 44.3 Å². The van der Waals surface area contributed by atoms with Gasteiger partial charge < -0.3 is 16.0 Å². The van der Waals surface area contributed by atoms with Crippen molar-refractivity contribution < 1.29 is 18.0 Å². The zero-order chi connectivity index (χ0) is 23.0. The Bertz CT molecular complexity index is 711. The number of amides is 1. The van der Waals surface area contributed by atoms with Gasteiger partial charge in [0.1, 0.15) is 0 Å². The third kappa shape index (κ3) is 7.66. The van der Waals surface area contributed by atoms with Gasteiger partial charge in [-0.25, -0.2) is 0 Å². The van der Waals surface area contributed by atoms with E-state index in [1.54, 1.807) is 6.07 Å². The average Bonchev–Trinajstić information content (AvgIpc) is 2.79. The second-order valence-electron chi connectivity index (χ2n) is 9.20. The van der Waals surface area contributed by atoms with Crippen LogP contribution in [0.4, 0.5) is 18.9 Å². The summed E-state index contributed by atoms with van der Waals surface area (Å²) >= 11 is 0. The van der Waals surface area contributed by atoms with E-state index < -0.39 is 11.7 Å². The van der Waals surface area contributed by atoms with Crippen molar-refractivity contribution in [3.63, 3.8) is 0 Å². The van der Waals surface area contributed by atoms with Crippen molar-refractivity contribution in [1.29, 1.82) is 0 Å². The zero-order valence-electron chi connectivity index (χ0n) is 18.9. The molecule has 1 amide bonds. The first kappa shape index (κ1) is 24.8. The predicted octanol–water partition coefficient (Wildman–Crippen LogP) is 4.02. The first-order valence-corrected chi connectivity index (χ1v) is 12.0. The summed E-state index contributed by atoms with van der Waals surface area (Å²) in [6, 6.07) is 5.95. The molecule has 0 bridgehead atoms. The zero-order valence-corrected chi connectivity index (χ0v) is 18.9. The molecule has 1 aromatic rings. The molecular formula is C24H37F3N4O. The lowest BCUT2D eigenvalue weighted by Crippen LogP contribution is -2.47. The van der Waals surface area contributed by atoms with Crippen molar-refractivity contribution in [3.05, 3.63) is 29.8 Å². The Labute approximate surface area is 189 Å². The van der Waals surface area contributed by atoms with E-state index in [4.69, 9.17) is 5.73 Å². The van der Waals surface area contributed by atoms with E-state index in [1.165, 1.54) is 12.1 Å². The van der Waals surface area contributed by atoms with Gasteiger partial charge in [-0.15, -0.1) is 0 Å². The van der Waals surface area contributed by atoms with Gasteiger partial charge in [0.05, 0.1) is 5.56 Å². The maximum atomic E-state index is 13.0. The smallest absolute Gasteiger partial charge is 0.369 e. The number of hydrogen-bond donors (Lipinski definition) is 2. The fraction of sp³-hybridized carbons (Fsp3) is 0.708. The molecule has 8 heteroatoms. The molecule has 5 nitrogen and oxygen atoms in total. The molecule has 180 valence electrons. The molecule has 3 rings (SSSR count). The van der Waals surface area contributed by atoms with Crippen LogP contribution in [-0.4, -0.2) is 56.1 Å². The number of halogens is 3. The van der Waals surface area contributed by atoms with Crippen molar-refractivity contribution in [3.8, 4) is 0 Å². The molecule has 1 aromatic carbocycles. The second kappa shape index (κ2) is 11.9. The standard InChI is InChI=1S/C24H37F3N4O/c25-24(26,27)20-4-3-5-22(18-20)31-16-14-30(15-17-31)13-11-19-7-9-21(10-8-19)29-23(32)6-1-2-12-28/h3-5,18-19,21H,1-2,6-17,28H2,(H,29,32). The van der Waals surface area contributed by atoms with Crippen LogP contribution in [0.5, 0.6) is 0 Å². The molecule has 1 aliphatic carbocycles. The van der Waals surface area contributed by atoms with Crippen molar-refractivity contribution in [2.45, 2.75) is 63.6 Å². The minimum absolute atomic E-state index is 0.153. The van der Waals surface area contributed by atoms with Gasteiger partial charge in [0.15, 0.2) is 0 Å². The van der Waals surface area contributed by atoms with Crippen molar-refractivity contribution in [2.24, 2.45) is 11.7 Å². The quantitative estimate of drug-likeness (QED) is 0.554. The van der Waals surface area contributed by atoms with Crippen LogP contribution < -0.4 is 16.0 Å². The van der Waals surface area contributed by atoms with Crippen LogP contribution in [0, 0.1) is 5.92 Å². The predicted molar refractivity (Wildman–Crippen MR) is 122 cm³/mol. The van der Waals surface area contributed by atoms with Gasteiger partial charge in [-0.05, 0) is 82.2 Å². The normalized spacial score (nSPS) is 22.7. The van der Waals surface area contributed by atoms with Gasteiger partial charge >= 0.3 is 6.18 Å². The number of benzene rings is 1. The van der Waals surface area contributed by atoms with E-state index in [0.717, 1.165) is 83.7 Å². The van der Waals surface area contributed by atoms with Crippen molar-refractivity contribution >= 4 is 11.6 Å². The molecule has 0 spiro atoms. The van der Waals surface area contributed by atoms with Crippen LogP contribution in [0.25, 0.3) is 0 Å². The van der Waals surface area contributed by atoms with E-state index in [0.29, 0.717) is 30.6 Å². The number of carbonyl (C=O) groups is 1. The highest BCUT2D eigenvalue weighted by Crippen LogP contribution is 2.32. The van der Waals surface area contributed by atoms with E-state index >= 15 is 0 Å². The lowest BCUT2D eigenvalue weighted by Gasteiger charge is -2.37. The van der Waals surface area contributed by atoms with Crippen molar-refractivity contribution in [2.75, 3.05) is 44.2 Å². The Hall–Kier alpha value is -1.80. The first-order chi connectivity index (χ1) is 15.3. The van der Waals surface area contributed by atoms with E-state index in [-0.39, 0.29) is 5.91 Å².